The molecule has 1 aliphatic rings. The fourth-order valence-corrected chi connectivity index (χ4v) is 3.72. The fourth-order valence-electron chi connectivity index (χ4n) is 3.38. The average molecular weight is 436 g/mol. The Hall–Kier alpha value is -2.63. The van der Waals surface area contributed by atoms with Crippen molar-refractivity contribution in [2.75, 3.05) is 18.9 Å². The lowest BCUT2D eigenvalue weighted by molar-refractivity contribution is -0.144. The summed E-state index contributed by atoms with van der Waals surface area (Å²) in [5.74, 6) is -8.08. The van der Waals surface area contributed by atoms with Crippen molar-refractivity contribution in [2.45, 2.75) is 12.1 Å². The number of nitrogens with one attached hydrogen (secondary N) is 1. The lowest BCUT2D eigenvalue weighted by atomic mass is 9.88. The lowest BCUT2D eigenvalue weighted by Crippen LogP contribution is -2.32. The molecule has 0 spiro atoms. The van der Waals surface area contributed by atoms with Crippen molar-refractivity contribution < 1.29 is 31.1 Å². The smallest absolute Gasteiger partial charge is 0.368 e. The number of benzene rings is 1. The van der Waals surface area contributed by atoms with Gasteiger partial charge >= 0.3 is 6.18 Å². The van der Waals surface area contributed by atoms with Gasteiger partial charge in [-0.25, -0.2) is 13.2 Å². The summed E-state index contributed by atoms with van der Waals surface area (Å²) in [6, 6.07) is 1.43. The molecule has 5 nitrogen and oxygen atoms in total. The minimum absolute atomic E-state index is 0.00798. The van der Waals surface area contributed by atoms with E-state index in [1.54, 1.807) is 0 Å². The van der Waals surface area contributed by atoms with Crippen molar-refractivity contribution in [3.8, 4) is 0 Å². The number of halogens is 6. The van der Waals surface area contributed by atoms with Gasteiger partial charge in [-0.15, -0.1) is 0 Å². The van der Waals surface area contributed by atoms with Gasteiger partial charge in [0.2, 0.25) is 5.91 Å². The summed E-state index contributed by atoms with van der Waals surface area (Å²) in [6.45, 7) is -0.00798. The molecule has 1 aromatic heterocycles. The summed E-state index contributed by atoms with van der Waals surface area (Å²) in [7, 11) is 2.62. The Labute approximate surface area is 166 Å². The van der Waals surface area contributed by atoms with Gasteiger partial charge < -0.3 is 10.2 Å². The first kappa shape index (κ1) is 21.1. The second-order valence-corrected chi connectivity index (χ2v) is 7.00. The van der Waals surface area contributed by atoms with Crippen molar-refractivity contribution >= 4 is 28.8 Å². The van der Waals surface area contributed by atoms with Gasteiger partial charge in [-0.2, -0.15) is 18.3 Å². The monoisotopic (exact) mass is 436 g/mol. The minimum atomic E-state index is -4.73. The number of hydrogen-bond acceptors (Lipinski definition) is 3. The zero-order chi connectivity index (χ0) is 21.7. The topological polar surface area (TPSA) is 50.2 Å². The van der Waals surface area contributed by atoms with Gasteiger partial charge in [0, 0.05) is 32.1 Å². The molecule has 3 rings (SSSR count). The van der Waals surface area contributed by atoms with Crippen LogP contribution in [0.4, 0.5) is 32.0 Å². The Kier molecular flexibility index (Phi) is 5.32. The van der Waals surface area contributed by atoms with Crippen LogP contribution < -0.4 is 5.32 Å². The van der Waals surface area contributed by atoms with Gasteiger partial charge in [-0.05, 0) is 12.1 Å². The van der Waals surface area contributed by atoms with Crippen LogP contribution in [0.15, 0.2) is 18.3 Å². The Morgan fingerprint density at radius 1 is 1.21 bits per heavy atom. The molecule has 0 aliphatic carbocycles. The van der Waals surface area contributed by atoms with Gasteiger partial charge in [0.1, 0.15) is 5.69 Å². The van der Waals surface area contributed by atoms with Crippen LogP contribution in [0.5, 0.6) is 0 Å². The van der Waals surface area contributed by atoms with E-state index in [0.717, 1.165) is 19.3 Å². The van der Waals surface area contributed by atoms with Gasteiger partial charge in [-0.1, -0.05) is 12.2 Å². The van der Waals surface area contributed by atoms with Gasteiger partial charge in [-0.3, -0.25) is 9.48 Å². The van der Waals surface area contributed by atoms with Crippen LogP contribution in [-0.2, 0) is 18.0 Å². The minimum Gasteiger partial charge on any atom is -0.368 e. The molecule has 1 N–H and O–H groups in total. The summed E-state index contributed by atoms with van der Waals surface area (Å²) in [4.78, 5) is 14.2. The Balaban J connectivity index is 1.98. The third-order valence-corrected chi connectivity index (χ3v) is 5.29. The van der Waals surface area contributed by atoms with E-state index in [1.807, 2.05) is 0 Å². The van der Waals surface area contributed by atoms with E-state index >= 15 is 0 Å². The number of carbonyl (C=O) groups excluding carboxylic acids is 1. The summed E-state index contributed by atoms with van der Waals surface area (Å²) in [5.41, 5.74) is -1.91. The van der Waals surface area contributed by atoms with Crippen LogP contribution in [0.1, 0.15) is 17.2 Å². The Morgan fingerprint density at radius 2 is 1.86 bits per heavy atom. The van der Waals surface area contributed by atoms with E-state index in [-0.39, 0.29) is 17.1 Å². The zero-order valence-electron chi connectivity index (χ0n) is 15.0. The van der Waals surface area contributed by atoms with Crippen molar-refractivity contribution in [1.82, 2.24) is 14.7 Å². The van der Waals surface area contributed by atoms with E-state index < -0.39 is 52.8 Å². The number of aromatic nitrogens is 2. The number of carbonyl (C=O) groups is 1. The number of hydrogen-bond donors (Lipinski definition) is 1. The number of amides is 1. The molecule has 12 heteroatoms. The Morgan fingerprint density at radius 3 is 2.48 bits per heavy atom. The molecule has 29 heavy (non-hydrogen) atoms. The maximum atomic E-state index is 13.9. The highest BCUT2D eigenvalue weighted by atomic mass is 32.1. The van der Waals surface area contributed by atoms with E-state index in [2.05, 4.69) is 10.4 Å². The van der Waals surface area contributed by atoms with Crippen LogP contribution in [-0.4, -0.2) is 39.2 Å². The number of likely N-dealkylation sites (tertiary alicyclic amines) is 1. The first-order chi connectivity index (χ1) is 13.4. The van der Waals surface area contributed by atoms with E-state index in [9.17, 15) is 31.1 Å². The van der Waals surface area contributed by atoms with Crippen LogP contribution in [0.25, 0.3) is 0 Å². The van der Waals surface area contributed by atoms with Gasteiger partial charge in [0.05, 0.1) is 22.8 Å². The molecule has 1 amide bonds. The van der Waals surface area contributed by atoms with E-state index in [1.165, 1.54) is 11.9 Å². The normalized spacial score (nSPS) is 19.7. The molecule has 1 saturated heterocycles. The first-order valence-corrected chi connectivity index (χ1v) is 8.62. The van der Waals surface area contributed by atoms with Gasteiger partial charge in [0.15, 0.2) is 17.5 Å². The van der Waals surface area contributed by atoms with Crippen LogP contribution in [0.2, 0.25) is 0 Å². The summed E-state index contributed by atoms with van der Waals surface area (Å²) in [6.07, 6.45) is -3.72. The molecule has 1 fully saturated rings. The number of nitrogens with zero attached hydrogens (tertiary/aromatic N) is 3. The quantitative estimate of drug-likeness (QED) is 0.455. The molecule has 0 saturated carbocycles. The molecule has 2 heterocycles. The van der Waals surface area contributed by atoms with Crippen molar-refractivity contribution in [1.29, 1.82) is 0 Å². The maximum absolute atomic E-state index is 13.9. The molecule has 1 aromatic carbocycles. The Bertz CT molecular complexity index is 989. The molecule has 0 unspecified atom stereocenters. The second-order valence-electron chi connectivity index (χ2n) is 6.58. The molecule has 156 valence electrons. The predicted octanol–water partition coefficient (Wildman–Crippen LogP) is 3.47. The molecule has 0 bridgehead atoms. The average Bonchev–Trinajstić information content (AvgIpc) is 3.15. The molecule has 2 atom stereocenters. The molecular weight excluding hydrogens is 422 g/mol. The molecular formula is C17H14F6N4OS. The van der Waals surface area contributed by atoms with Crippen LogP contribution in [0, 0.1) is 23.4 Å². The highest BCUT2D eigenvalue weighted by molar-refractivity contribution is 7.80. The number of thiocarbonyl (C=S) groups is 1. The number of likely N-dealkylation sites (N-methyl/N-ethyl adjacent to an activating group) is 1. The van der Waals surface area contributed by atoms with E-state index in [0.29, 0.717) is 10.7 Å². The summed E-state index contributed by atoms with van der Waals surface area (Å²) >= 11 is 5.18. The summed E-state index contributed by atoms with van der Waals surface area (Å²) in [5, 5.41) is 5.74. The molecule has 2 aromatic rings. The van der Waals surface area contributed by atoms with E-state index in [4.69, 9.17) is 12.2 Å². The van der Waals surface area contributed by atoms with Crippen molar-refractivity contribution in [3.05, 3.63) is 47.0 Å². The standard InChI is InChI=1S/C17H14F6N4OS/c1-26-6-8(7-5-24-27(2)14(7)17(21,22)23)11(16(26)29)15(28)25-10-4-3-9(18)12(19)13(10)20/h3-5,8,11H,6H2,1-2H3,(H,25,28)/t8-,11+/m1/s1. The highest BCUT2D eigenvalue weighted by Gasteiger charge is 2.47. The number of alkyl halides is 3. The number of rotatable bonds is 3. The predicted molar refractivity (Wildman–Crippen MR) is 94.6 cm³/mol. The lowest BCUT2D eigenvalue weighted by Gasteiger charge is -2.19. The summed E-state index contributed by atoms with van der Waals surface area (Å²) < 4.78 is 81.4. The second kappa shape index (κ2) is 7.32. The zero-order valence-corrected chi connectivity index (χ0v) is 15.8. The molecule has 0 radical (unpaired) electrons. The highest BCUT2D eigenvalue weighted by Crippen LogP contribution is 2.41. The number of aryl methyl sites for hydroxylation is 1. The maximum Gasteiger partial charge on any atom is 0.433 e. The van der Waals surface area contributed by atoms with Crippen molar-refractivity contribution in [3.63, 3.8) is 0 Å². The SMILES string of the molecule is CN1C[C@H](c2cnn(C)c2C(F)(F)F)[C@@H](C(=O)Nc2ccc(F)c(F)c2F)C1=S. The number of anilines is 1. The first-order valence-electron chi connectivity index (χ1n) is 8.22. The molecule has 1 aliphatic heterocycles. The van der Waals surface area contributed by atoms with Crippen LogP contribution >= 0.6 is 12.2 Å². The third kappa shape index (κ3) is 3.68. The fraction of sp³-hybridized carbons (Fsp3) is 0.353. The third-order valence-electron chi connectivity index (χ3n) is 4.73. The largest absolute Gasteiger partial charge is 0.433 e. The van der Waals surface area contributed by atoms with Crippen LogP contribution in [0.3, 0.4) is 0 Å². The van der Waals surface area contributed by atoms with Crippen molar-refractivity contribution in [2.24, 2.45) is 13.0 Å². The van der Waals surface area contributed by atoms with Gasteiger partial charge in [0.25, 0.3) is 0 Å².